The molecular weight excluding hydrogens is 439 g/mol. The maximum Gasteiger partial charge on any atom is 0.129 e. The van der Waals surface area contributed by atoms with Crippen LogP contribution in [0.25, 0.3) is 0 Å². The van der Waals surface area contributed by atoms with E-state index in [2.05, 4.69) is 4.90 Å². The van der Waals surface area contributed by atoms with Gasteiger partial charge in [-0.2, -0.15) is 0 Å². The van der Waals surface area contributed by atoms with E-state index in [0.29, 0.717) is 24.0 Å². The van der Waals surface area contributed by atoms with Gasteiger partial charge < -0.3 is 15.1 Å². The van der Waals surface area contributed by atoms with Gasteiger partial charge in [0.05, 0.1) is 5.60 Å². The van der Waals surface area contributed by atoms with Gasteiger partial charge in [0.15, 0.2) is 0 Å². The molecule has 6 heteroatoms. The molecule has 0 radical (unpaired) electrons. The number of hydrogen-bond donors (Lipinski definition) is 2. The highest BCUT2D eigenvalue weighted by atomic mass is 19.1. The predicted molar refractivity (Wildman–Crippen MR) is 126 cm³/mol. The number of hydrogen-bond acceptors (Lipinski definition) is 3. The Bertz CT molecular complexity index is 1080. The van der Waals surface area contributed by atoms with Crippen LogP contribution in [0.3, 0.4) is 0 Å². The fourth-order valence-corrected chi connectivity index (χ4v) is 4.62. The van der Waals surface area contributed by atoms with Crippen LogP contribution in [0.4, 0.5) is 13.2 Å². The number of aliphatic hydroxyl groups is 2. The third-order valence-corrected chi connectivity index (χ3v) is 6.80. The third-order valence-electron chi connectivity index (χ3n) is 6.80. The van der Waals surface area contributed by atoms with Gasteiger partial charge in [-0.25, -0.2) is 13.2 Å². The Kier molecular flexibility index (Phi) is 7.71. The molecule has 0 saturated carbocycles. The Morgan fingerprint density at radius 1 is 0.824 bits per heavy atom. The van der Waals surface area contributed by atoms with Crippen LogP contribution in [0.2, 0.25) is 0 Å². The first-order valence-electron chi connectivity index (χ1n) is 11.8. The normalized spacial score (nSPS) is 17.0. The second kappa shape index (κ2) is 10.7. The minimum absolute atomic E-state index is 0.0701. The molecule has 3 aromatic carbocycles. The highest BCUT2D eigenvalue weighted by molar-refractivity contribution is 5.36. The van der Waals surface area contributed by atoms with E-state index in [0.717, 1.165) is 44.5 Å². The highest BCUT2D eigenvalue weighted by Crippen LogP contribution is 2.36. The van der Waals surface area contributed by atoms with Gasteiger partial charge in [0, 0.05) is 18.7 Å². The molecule has 2 N–H and O–H groups in total. The number of unbranched alkanes of at least 4 members (excludes halogenated alkanes) is 1. The molecule has 34 heavy (non-hydrogen) atoms. The predicted octanol–water partition coefficient (Wildman–Crippen LogP) is 5.49. The molecule has 0 aliphatic carbocycles. The lowest BCUT2D eigenvalue weighted by Crippen LogP contribution is -2.43. The molecule has 1 aliphatic heterocycles. The zero-order chi connectivity index (χ0) is 24.1. The summed E-state index contributed by atoms with van der Waals surface area (Å²) in [5.74, 6) is -1.22. The summed E-state index contributed by atoms with van der Waals surface area (Å²) < 4.78 is 40.7. The van der Waals surface area contributed by atoms with Gasteiger partial charge in [-0.1, -0.05) is 30.3 Å². The van der Waals surface area contributed by atoms with Gasteiger partial charge in [0.25, 0.3) is 0 Å². The largest absolute Gasteiger partial charge is 0.385 e. The third kappa shape index (κ3) is 5.87. The first-order valence-corrected chi connectivity index (χ1v) is 11.8. The monoisotopic (exact) mass is 469 g/mol. The molecular formula is C28H30F3NO2. The number of halogens is 3. The number of benzene rings is 3. The first-order chi connectivity index (χ1) is 16.3. The van der Waals surface area contributed by atoms with Crippen LogP contribution in [0.1, 0.15) is 54.0 Å². The summed E-state index contributed by atoms with van der Waals surface area (Å²) in [6.45, 7) is 2.37. The summed E-state index contributed by atoms with van der Waals surface area (Å²) in [7, 11) is 0. The Labute approximate surface area is 198 Å². The number of rotatable bonds is 8. The van der Waals surface area contributed by atoms with Gasteiger partial charge in [-0.05, 0) is 91.7 Å². The summed E-state index contributed by atoms with van der Waals surface area (Å²) in [5, 5.41) is 22.0. The molecule has 1 heterocycles. The van der Waals surface area contributed by atoms with E-state index in [1.807, 2.05) is 12.1 Å². The quantitative estimate of drug-likeness (QED) is 0.429. The summed E-state index contributed by atoms with van der Waals surface area (Å²) >= 11 is 0. The fourth-order valence-electron chi connectivity index (χ4n) is 4.62. The van der Waals surface area contributed by atoms with Crippen molar-refractivity contribution in [1.82, 2.24) is 4.90 Å². The number of piperidine rings is 1. The van der Waals surface area contributed by atoms with Crippen molar-refractivity contribution in [2.45, 2.75) is 43.8 Å². The standard InChI is InChI=1S/C28H30F3NO2/c29-23-9-4-20(5-10-23)3-1-2-16-32-17-14-28(34,15-18-32)22-8-13-26(31)25(19-22)27(33)21-6-11-24(30)12-7-21/h4-13,19,27,33-34H,1-3,14-18H2. The van der Waals surface area contributed by atoms with Gasteiger partial charge in [0.2, 0.25) is 0 Å². The van der Waals surface area contributed by atoms with Crippen LogP contribution in [0.15, 0.2) is 66.7 Å². The summed E-state index contributed by atoms with van der Waals surface area (Å²) in [5.41, 5.74) is 1.08. The van der Waals surface area contributed by atoms with Crippen molar-refractivity contribution in [3.8, 4) is 0 Å². The second-order valence-corrected chi connectivity index (χ2v) is 9.15. The zero-order valence-corrected chi connectivity index (χ0v) is 19.1. The minimum atomic E-state index is -1.25. The summed E-state index contributed by atoms with van der Waals surface area (Å²) in [6, 6.07) is 16.3. The van der Waals surface area contributed by atoms with E-state index >= 15 is 0 Å². The zero-order valence-electron chi connectivity index (χ0n) is 19.1. The molecule has 0 amide bonds. The fraction of sp³-hybridized carbons (Fsp3) is 0.357. The van der Waals surface area contributed by atoms with E-state index in [1.54, 1.807) is 6.07 Å². The maximum absolute atomic E-state index is 14.5. The Hall–Kier alpha value is -2.67. The van der Waals surface area contributed by atoms with E-state index in [1.165, 1.54) is 48.5 Å². The van der Waals surface area contributed by atoms with Crippen LogP contribution in [-0.4, -0.2) is 34.7 Å². The second-order valence-electron chi connectivity index (χ2n) is 9.15. The van der Waals surface area contributed by atoms with Crippen molar-refractivity contribution in [3.05, 3.63) is 106 Å². The molecule has 0 aromatic heterocycles. The number of likely N-dealkylation sites (tertiary alicyclic amines) is 1. The van der Waals surface area contributed by atoms with E-state index < -0.39 is 23.3 Å². The van der Waals surface area contributed by atoms with Crippen molar-refractivity contribution in [3.63, 3.8) is 0 Å². The molecule has 1 atom stereocenters. The lowest BCUT2D eigenvalue weighted by atomic mass is 9.83. The van der Waals surface area contributed by atoms with Gasteiger partial charge in [-0.3, -0.25) is 0 Å². The Balaban J connectivity index is 1.33. The van der Waals surface area contributed by atoms with Gasteiger partial charge >= 0.3 is 0 Å². The molecule has 1 fully saturated rings. The topological polar surface area (TPSA) is 43.7 Å². The molecule has 1 unspecified atom stereocenters. The number of nitrogens with zero attached hydrogens (tertiary/aromatic N) is 1. The van der Waals surface area contributed by atoms with E-state index in [9.17, 15) is 23.4 Å². The van der Waals surface area contributed by atoms with Crippen molar-refractivity contribution in [2.75, 3.05) is 19.6 Å². The summed E-state index contributed by atoms with van der Waals surface area (Å²) in [6.07, 6.45) is 2.72. The smallest absolute Gasteiger partial charge is 0.129 e. The van der Waals surface area contributed by atoms with Crippen LogP contribution >= 0.6 is 0 Å². The molecule has 0 spiro atoms. The van der Waals surface area contributed by atoms with E-state index in [-0.39, 0.29) is 11.4 Å². The minimum Gasteiger partial charge on any atom is -0.385 e. The first kappa shape index (κ1) is 24.5. The molecule has 0 bridgehead atoms. The van der Waals surface area contributed by atoms with E-state index in [4.69, 9.17) is 0 Å². The van der Waals surface area contributed by atoms with Crippen LogP contribution in [-0.2, 0) is 12.0 Å². The average molecular weight is 470 g/mol. The van der Waals surface area contributed by atoms with Crippen LogP contribution < -0.4 is 0 Å². The van der Waals surface area contributed by atoms with Crippen molar-refractivity contribution in [1.29, 1.82) is 0 Å². The van der Waals surface area contributed by atoms with Crippen LogP contribution in [0.5, 0.6) is 0 Å². The molecule has 180 valence electrons. The van der Waals surface area contributed by atoms with Crippen molar-refractivity contribution < 1.29 is 23.4 Å². The van der Waals surface area contributed by atoms with Gasteiger partial charge in [-0.15, -0.1) is 0 Å². The molecule has 3 aromatic rings. The molecule has 1 saturated heterocycles. The lowest BCUT2D eigenvalue weighted by Gasteiger charge is -2.39. The average Bonchev–Trinajstić information content (AvgIpc) is 2.84. The summed E-state index contributed by atoms with van der Waals surface area (Å²) in [4.78, 5) is 2.32. The Morgan fingerprint density at radius 3 is 2.09 bits per heavy atom. The van der Waals surface area contributed by atoms with Gasteiger partial charge in [0.1, 0.15) is 23.6 Å². The number of aryl methyl sites for hydroxylation is 1. The van der Waals surface area contributed by atoms with Crippen LogP contribution in [0, 0.1) is 17.5 Å². The maximum atomic E-state index is 14.5. The SMILES string of the molecule is OC(c1ccc(F)cc1)c1cc(C2(O)CCN(CCCCc3ccc(F)cc3)CC2)ccc1F. The molecule has 3 nitrogen and oxygen atoms in total. The number of aliphatic hydroxyl groups excluding tert-OH is 1. The van der Waals surface area contributed by atoms with Crippen molar-refractivity contribution in [2.24, 2.45) is 0 Å². The highest BCUT2D eigenvalue weighted by Gasteiger charge is 2.34. The molecule has 1 aliphatic rings. The molecule has 4 rings (SSSR count). The Morgan fingerprint density at radius 2 is 1.44 bits per heavy atom. The lowest BCUT2D eigenvalue weighted by molar-refractivity contribution is -0.0262. The van der Waals surface area contributed by atoms with Crippen molar-refractivity contribution >= 4 is 0 Å².